The number of hydrogen-bond donors (Lipinski definition) is 1. The number of hydrogen-bond acceptors (Lipinski definition) is 2. The third-order valence-electron chi connectivity index (χ3n) is 0.767. The van der Waals surface area contributed by atoms with Gasteiger partial charge in [-0.3, -0.25) is 4.99 Å². The minimum atomic E-state index is 0.201. The Balaban J connectivity index is 2.58. The first-order valence-electron chi connectivity index (χ1n) is 2.13. The number of aliphatic imine (C=N–C) groups is 1. The first-order chi connectivity index (χ1) is 3.29. The van der Waals surface area contributed by atoms with E-state index in [-0.39, 0.29) is 6.17 Å². The van der Waals surface area contributed by atoms with Crippen LogP contribution in [-0.4, -0.2) is 17.4 Å². The van der Waals surface area contributed by atoms with Crippen LogP contribution in [0.4, 0.5) is 0 Å². The Kier molecular flexibility index (Phi) is 1.06. The lowest BCUT2D eigenvalue weighted by atomic mass is 10.6. The van der Waals surface area contributed by atoms with Crippen molar-refractivity contribution < 1.29 is 0 Å². The summed E-state index contributed by atoms with van der Waals surface area (Å²) >= 11 is 4.74. The summed E-state index contributed by atoms with van der Waals surface area (Å²) in [6.07, 6.45) is 1.87. The van der Waals surface area contributed by atoms with Crippen molar-refractivity contribution in [2.75, 3.05) is 0 Å². The van der Waals surface area contributed by atoms with E-state index in [0.717, 1.165) is 4.99 Å². The summed E-state index contributed by atoms with van der Waals surface area (Å²) in [4.78, 5) is 4.68. The topological polar surface area (TPSA) is 24.4 Å². The van der Waals surface area contributed by atoms with Gasteiger partial charge in [-0.2, -0.15) is 0 Å². The second-order valence-electron chi connectivity index (χ2n) is 1.46. The molecule has 0 radical (unpaired) electrons. The molecule has 0 spiro atoms. The third-order valence-corrected chi connectivity index (χ3v) is 0.990. The summed E-state index contributed by atoms with van der Waals surface area (Å²) in [6, 6.07) is 0. The fourth-order valence-electron chi connectivity index (χ4n) is 0.460. The maximum atomic E-state index is 4.74. The predicted molar refractivity (Wildman–Crippen MR) is 33.7 cm³/mol. The van der Waals surface area contributed by atoms with Crippen LogP contribution in [0.15, 0.2) is 4.99 Å². The zero-order valence-corrected chi connectivity index (χ0v) is 4.83. The van der Waals surface area contributed by atoms with Gasteiger partial charge in [-0.15, -0.1) is 0 Å². The first kappa shape index (κ1) is 4.71. The van der Waals surface area contributed by atoms with E-state index < -0.39 is 0 Å². The highest BCUT2D eigenvalue weighted by molar-refractivity contribution is 7.81. The lowest BCUT2D eigenvalue weighted by molar-refractivity contribution is 0.733. The fourth-order valence-corrected chi connectivity index (χ4v) is 0.691. The number of nitrogens with one attached hydrogen (secondary N) is 1. The molecule has 0 aromatic heterocycles. The zero-order chi connectivity index (χ0) is 5.28. The van der Waals surface area contributed by atoms with Gasteiger partial charge in [0.2, 0.25) is 0 Å². The van der Waals surface area contributed by atoms with Gasteiger partial charge in [-0.25, -0.2) is 0 Å². The number of thiocarbonyl (C=S) groups is 1. The minimum Gasteiger partial charge on any atom is -0.354 e. The van der Waals surface area contributed by atoms with E-state index in [1.165, 1.54) is 0 Å². The molecule has 0 amide bonds. The molecule has 0 saturated heterocycles. The third kappa shape index (κ3) is 0.962. The van der Waals surface area contributed by atoms with Crippen molar-refractivity contribution in [1.29, 1.82) is 0 Å². The van der Waals surface area contributed by atoms with Crippen molar-refractivity contribution in [1.82, 2.24) is 5.32 Å². The van der Waals surface area contributed by atoms with Gasteiger partial charge >= 0.3 is 0 Å². The molecule has 0 aliphatic carbocycles. The molecule has 0 aromatic rings. The summed E-state index contributed by atoms with van der Waals surface area (Å²) in [6.45, 7) is 1.95. The van der Waals surface area contributed by atoms with Crippen molar-refractivity contribution in [2.45, 2.75) is 13.1 Å². The molecule has 1 aliphatic rings. The normalized spacial score (nSPS) is 28.1. The van der Waals surface area contributed by atoms with E-state index in [4.69, 9.17) is 12.2 Å². The van der Waals surface area contributed by atoms with Crippen molar-refractivity contribution >= 4 is 23.4 Å². The Morgan fingerprint density at radius 1 is 2.00 bits per heavy atom. The van der Waals surface area contributed by atoms with E-state index in [2.05, 4.69) is 10.3 Å². The SMILES string of the molecule is C[C@H]1N=CC(=S)N1. The first-order valence-corrected chi connectivity index (χ1v) is 2.53. The molecule has 7 heavy (non-hydrogen) atoms. The predicted octanol–water partition coefficient (Wildman–Crippen LogP) is 0.334. The van der Waals surface area contributed by atoms with Crippen molar-refractivity contribution in [3.63, 3.8) is 0 Å². The molecule has 1 N–H and O–H groups in total. The molecule has 2 nitrogen and oxygen atoms in total. The molecule has 0 bridgehead atoms. The Bertz CT molecular complexity index is 119. The van der Waals surface area contributed by atoms with E-state index in [1.54, 1.807) is 6.21 Å². The van der Waals surface area contributed by atoms with Gasteiger partial charge < -0.3 is 5.32 Å². The Morgan fingerprint density at radius 2 is 2.71 bits per heavy atom. The second kappa shape index (κ2) is 1.58. The lowest BCUT2D eigenvalue weighted by Gasteiger charge is -1.96. The fraction of sp³-hybridized carbons (Fsp3) is 0.500. The van der Waals surface area contributed by atoms with Crippen molar-refractivity contribution in [3.05, 3.63) is 0 Å². The highest BCUT2D eigenvalue weighted by Gasteiger charge is 2.03. The average molecular weight is 114 g/mol. The summed E-state index contributed by atoms with van der Waals surface area (Å²) in [5.41, 5.74) is 0. The lowest BCUT2D eigenvalue weighted by Crippen LogP contribution is -2.22. The Morgan fingerprint density at radius 3 is 2.86 bits per heavy atom. The summed E-state index contributed by atoms with van der Waals surface area (Å²) < 4.78 is 0. The molecular formula is C4H6N2S. The maximum absolute atomic E-state index is 4.74. The zero-order valence-electron chi connectivity index (χ0n) is 4.01. The molecule has 3 heteroatoms. The van der Waals surface area contributed by atoms with Gasteiger partial charge in [0.1, 0.15) is 11.2 Å². The van der Waals surface area contributed by atoms with Crippen LogP contribution in [0.5, 0.6) is 0 Å². The van der Waals surface area contributed by atoms with Gasteiger partial charge in [0.15, 0.2) is 0 Å². The molecule has 1 atom stereocenters. The Labute approximate surface area is 47.6 Å². The molecule has 0 fully saturated rings. The summed E-state index contributed by atoms with van der Waals surface area (Å²) in [5.74, 6) is 0. The Hall–Kier alpha value is -0.440. The molecular weight excluding hydrogens is 108 g/mol. The number of rotatable bonds is 0. The van der Waals surface area contributed by atoms with Crippen molar-refractivity contribution in [3.8, 4) is 0 Å². The van der Waals surface area contributed by atoms with Crippen LogP contribution in [0, 0.1) is 0 Å². The minimum absolute atomic E-state index is 0.201. The van der Waals surface area contributed by atoms with Crippen LogP contribution in [-0.2, 0) is 0 Å². The quantitative estimate of drug-likeness (QED) is 0.459. The van der Waals surface area contributed by atoms with Crippen LogP contribution in [0.25, 0.3) is 0 Å². The van der Waals surface area contributed by atoms with Gasteiger partial charge in [-0.05, 0) is 6.92 Å². The van der Waals surface area contributed by atoms with E-state index in [9.17, 15) is 0 Å². The molecule has 0 unspecified atom stereocenters. The smallest absolute Gasteiger partial charge is 0.119 e. The molecule has 0 saturated carbocycles. The van der Waals surface area contributed by atoms with Gasteiger partial charge in [0.05, 0.1) is 6.21 Å². The molecule has 38 valence electrons. The van der Waals surface area contributed by atoms with E-state index in [0.29, 0.717) is 0 Å². The molecule has 1 aliphatic heterocycles. The van der Waals surface area contributed by atoms with Crippen LogP contribution < -0.4 is 5.32 Å². The monoisotopic (exact) mass is 114 g/mol. The highest BCUT2D eigenvalue weighted by atomic mass is 32.1. The molecule has 1 heterocycles. The molecule has 1 rings (SSSR count). The summed E-state index contributed by atoms with van der Waals surface area (Å²) in [7, 11) is 0. The van der Waals surface area contributed by atoms with E-state index in [1.807, 2.05) is 6.92 Å². The summed E-state index contributed by atoms with van der Waals surface area (Å²) in [5, 5.41) is 2.93. The highest BCUT2D eigenvalue weighted by Crippen LogP contribution is 1.89. The van der Waals surface area contributed by atoms with E-state index >= 15 is 0 Å². The van der Waals surface area contributed by atoms with Crippen LogP contribution in [0.2, 0.25) is 0 Å². The van der Waals surface area contributed by atoms with Gasteiger partial charge in [0.25, 0.3) is 0 Å². The second-order valence-corrected chi connectivity index (χ2v) is 1.90. The average Bonchev–Trinajstić information content (AvgIpc) is 1.87. The largest absolute Gasteiger partial charge is 0.354 e. The van der Waals surface area contributed by atoms with Gasteiger partial charge in [-0.1, -0.05) is 12.2 Å². The van der Waals surface area contributed by atoms with Crippen LogP contribution in [0.3, 0.4) is 0 Å². The number of nitrogens with zero attached hydrogens (tertiary/aromatic N) is 1. The van der Waals surface area contributed by atoms with Crippen LogP contribution in [0.1, 0.15) is 6.92 Å². The standard InChI is InChI=1S/C4H6N2S/c1-3-5-2-4(7)6-3/h2-3H,1H3,(H,6,7)/t3-/m0/s1. The van der Waals surface area contributed by atoms with Gasteiger partial charge in [0, 0.05) is 0 Å². The molecule has 0 aromatic carbocycles. The van der Waals surface area contributed by atoms with Crippen LogP contribution >= 0.6 is 12.2 Å². The maximum Gasteiger partial charge on any atom is 0.119 e. The van der Waals surface area contributed by atoms with Crippen molar-refractivity contribution in [2.24, 2.45) is 4.99 Å².